The van der Waals surface area contributed by atoms with Crippen LogP contribution in [0.3, 0.4) is 0 Å². The lowest BCUT2D eigenvalue weighted by Crippen LogP contribution is -2.35. The Morgan fingerprint density at radius 1 is 1.24 bits per heavy atom. The second kappa shape index (κ2) is 5.32. The lowest BCUT2D eigenvalue weighted by Gasteiger charge is -2.23. The fourth-order valence-electron chi connectivity index (χ4n) is 1.64. The first-order valence-electron chi connectivity index (χ1n) is 5.97. The largest absolute Gasteiger partial charge is 0.242 e. The van der Waals surface area contributed by atoms with E-state index in [4.69, 9.17) is 0 Å². The van der Waals surface area contributed by atoms with Gasteiger partial charge in [-0.3, -0.25) is 0 Å². The summed E-state index contributed by atoms with van der Waals surface area (Å²) >= 11 is 0. The predicted octanol–water partition coefficient (Wildman–Crippen LogP) is 3.42. The molecule has 0 amide bonds. The van der Waals surface area contributed by atoms with Gasteiger partial charge in [0.15, 0.2) is 0 Å². The van der Waals surface area contributed by atoms with Crippen LogP contribution in [-0.2, 0) is 11.0 Å². The molecular weight excluding hydrogens is 230 g/mol. The first-order chi connectivity index (χ1) is 7.73. The van der Waals surface area contributed by atoms with Crippen molar-refractivity contribution in [1.29, 1.82) is 0 Å². The molecule has 1 rings (SSSR count). The standard InChI is InChI=1S/C14H23NOS/c1-10-8-7-9-13(11(10)2)12(3)15-17(16)14(4,5)6/h7-9,12,15H,1-6H3/t12-,17+/m1/s1. The molecule has 17 heavy (non-hydrogen) atoms. The zero-order chi connectivity index (χ0) is 13.2. The second-order valence-electron chi connectivity index (χ2n) is 5.51. The predicted molar refractivity (Wildman–Crippen MR) is 75.4 cm³/mol. The summed E-state index contributed by atoms with van der Waals surface area (Å²) in [6.07, 6.45) is 0. The third kappa shape index (κ3) is 3.65. The number of benzene rings is 1. The van der Waals surface area contributed by atoms with E-state index in [2.05, 4.69) is 43.7 Å². The van der Waals surface area contributed by atoms with E-state index in [-0.39, 0.29) is 10.8 Å². The molecule has 0 aliphatic heterocycles. The Hall–Kier alpha value is -0.670. The topological polar surface area (TPSA) is 29.1 Å². The molecule has 0 radical (unpaired) electrons. The quantitative estimate of drug-likeness (QED) is 0.878. The van der Waals surface area contributed by atoms with Gasteiger partial charge in [0.1, 0.15) is 0 Å². The Morgan fingerprint density at radius 3 is 2.35 bits per heavy atom. The summed E-state index contributed by atoms with van der Waals surface area (Å²) in [5, 5.41) is 0. The van der Waals surface area contributed by atoms with Crippen molar-refractivity contribution in [2.24, 2.45) is 0 Å². The van der Waals surface area contributed by atoms with E-state index in [9.17, 15) is 4.21 Å². The summed E-state index contributed by atoms with van der Waals surface area (Å²) in [4.78, 5) is 0. The summed E-state index contributed by atoms with van der Waals surface area (Å²) < 4.78 is 15.0. The van der Waals surface area contributed by atoms with Gasteiger partial charge in [-0.1, -0.05) is 18.2 Å². The highest BCUT2D eigenvalue weighted by Crippen LogP contribution is 2.22. The molecule has 0 unspecified atom stereocenters. The minimum absolute atomic E-state index is 0.106. The average molecular weight is 253 g/mol. The highest BCUT2D eigenvalue weighted by atomic mass is 32.2. The van der Waals surface area contributed by atoms with Crippen LogP contribution in [0, 0.1) is 13.8 Å². The summed E-state index contributed by atoms with van der Waals surface area (Å²) in [6, 6.07) is 6.36. The fraction of sp³-hybridized carbons (Fsp3) is 0.571. The first-order valence-corrected chi connectivity index (χ1v) is 7.12. The van der Waals surface area contributed by atoms with Gasteiger partial charge in [0.25, 0.3) is 0 Å². The molecule has 1 aromatic rings. The van der Waals surface area contributed by atoms with Crippen LogP contribution in [0.25, 0.3) is 0 Å². The van der Waals surface area contributed by atoms with Crippen LogP contribution in [-0.4, -0.2) is 8.96 Å². The SMILES string of the molecule is Cc1cccc([C@@H](C)N[S@@](=O)C(C)(C)C)c1C. The molecular formula is C14H23NOS. The monoisotopic (exact) mass is 253 g/mol. The highest BCUT2D eigenvalue weighted by molar-refractivity contribution is 7.84. The normalized spacial score (nSPS) is 15.6. The maximum absolute atomic E-state index is 12.0. The van der Waals surface area contributed by atoms with Crippen LogP contribution in [0.15, 0.2) is 18.2 Å². The molecule has 96 valence electrons. The number of rotatable bonds is 3. The number of hydrogen-bond acceptors (Lipinski definition) is 1. The van der Waals surface area contributed by atoms with Gasteiger partial charge < -0.3 is 0 Å². The molecule has 0 saturated heterocycles. The third-order valence-electron chi connectivity index (χ3n) is 2.95. The number of nitrogens with one attached hydrogen (secondary N) is 1. The van der Waals surface area contributed by atoms with Crippen LogP contribution in [0.5, 0.6) is 0 Å². The van der Waals surface area contributed by atoms with Crippen LogP contribution >= 0.6 is 0 Å². The van der Waals surface area contributed by atoms with Crippen molar-refractivity contribution in [1.82, 2.24) is 4.72 Å². The first kappa shape index (κ1) is 14.4. The minimum Gasteiger partial charge on any atom is -0.242 e. The van der Waals surface area contributed by atoms with Gasteiger partial charge in [-0.15, -0.1) is 0 Å². The Morgan fingerprint density at radius 2 is 1.82 bits per heavy atom. The Balaban J connectivity index is 2.88. The van der Waals surface area contributed by atoms with Crippen LogP contribution in [0.4, 0.5) is 0 Å². The second-order valence-corrected chi connectivity index (χ2v) is 7.51. The summed E-state index contributed by atoms with van der Waals surface area (Å²) in [7, 11) is -1.03. The number of aryl methyl sites for hydroxylation is 1. The Kier molecular flexibility index (Phi) is 4.50. The minimum atomic E-state index is -1.03. The van der Waals surface area contributed by atoms with Crippen molar-refractivity contribution in [3.05, 3.63) is 34.9 Å². The molecule has 2 nitrogen and oxygen atoms in total. The molecule has 0 aliphatic carbocycles. The van der Waals surface area contributed by atoms with Gasteiger partial charge in [0.05, 0.1) is 15.7 Å². The van der Waals surface area contributed by atoms with E-state index in [1.165, 1.54) is 16.7 Å². The maximum Gasteiger partial charge on any atom is 0.0975 e. The molecule has 0 saturated carbocycles. The van der Waals surface area contributed by atoms with Gasteiger partial charge in [-0.2, -0.15) is 0 Å². The van der Waals surface area contributed by atoms with Crippen molar-refractivity contribution in [3.8, 4) is 0 Å². The van der Waals surface area contributed by atoms with E-state index >= 15 is 0 Å². The lowest BCUT2D eigenvalue weighted by atomic mass is 9.99. The molecule has 3 heteroatoms. The van der Waals surface area contributed by atoms with Crippen molar-refractivity contribution < 1.29 is 4.21 Å². The molecule has 0 bridgehead atoms. The Labute approximate surface area is 107 Å². The van der Waals surface area contributed by atoms with E-state index < -0.39 is 11.0 Å². The van der Waals surface area contributed by atoms with Crippen LogP contribution < -0.4 is 4.72 Å². The molecule has 0 aromatic heterocycles. The van der Waals surface area contributed by atoms with E-state index in [0.717, 1.165) is 0 Å². The molecule has 1 aromatic carbocycles. The van der Waals surface area contributed by atoms with Crippen molar-refractivity contribution in [3.63, 3.8) is 0 Å². The summed E-state index contributed by atoms with van der Waals surface area (Å²) in [6.45, 7) is 12.2. The van der Waals surface area contributed by atoms with E-state index in [1.807, 2.05) is 20.8 Å². The van der Waals surface area contributed by atoms with Crippen LogP contribution in [0.1, 0.15) is 50.4 Å². The van der Waals surface area contributed by atoms with E-state index in [0.29, 0.717) is 0 Å². The molecule has 1 N–H and O–H groups in total. The molecule has 2 atom stereocenters. The molecule has 0 spiro atoms. The molecule has 0 fully saturated rings. The average Bonchev–Trinajstić information content (AvgIpc) is 2.20. The van der Waals surface area contributed by atoms with Gasteiger partial charge in [0.2, 0.25) is 0 Å². The van der Waals surface area contributed by atoms with E-state index in [1.54, 1.807) is 0 Å². The summed E-state index contributed by atoms with van der Waals surface area (Å²) in [5.74, 6) is 0. The third-order valence-corrected chi connectivity index (χ3v) is 4.63. The van der Waals surface area contributed by atoms with Gasteiger partial charge in [-0.05, 0) is 58.2 Å². The maximum atomic E-state index is 12.0. The van der Waals surface area contributed by atoms with Crippen LogP contribution in [0.2, 0.25) is 0 Å². The Bertz CT molecular complexity index is 421. The zero-order valence-electron chi connectivity index (χ0n) is 11.6. The fourth-order valence-corrected chi connectivity index (χ4v) is 2.45. The molecule has 0 aliphatic rings. The number of hydrogen-bond donors (Lipinski definition) is 1. The molecule has 0 heterocycles. The smallest absolute Gasteiger partial charge is 0.0975 e. The zero-order valence-corrected chi connectivity index (χ0v) is 12.4. The van der Waals surface area contributed by atoms with Gasteiger partial charge in [0, 0.05) is 6.04 Å². The van der Waals surface area contributed by atoms with Crippen molar-refractivity contribution >= 4 is 11.0 Å². The van der Waals surface area contributed by atoms with Crippen molar-refractivity contribution in [2.75, 3.05) is 0 Å². The van der Waals surface area contributed by atoms with Crippen molar-refractivity contribution in [2.45, 2.75) is 52.3 Å². The highest BCUT2D eigenvalue weighted by Gasteiger charge is 2.22. The van der Waals surface area contributed by atoms with Gasteiger partial charge in [-0.25, -0.2) is 8.93 Å². The lowest BCUT2D eigenvalue weighted by molar-refractivity contribution is 0.615. The summed E-state index contributed by atoms with van der Waals surface area (Å²) in [5.41, 5.74) is 3.78. The van der Waals surface area contributed by atoms with Gasteiger partial charge >= 0.3 is 0 Å².